The average Bonchev–Trinajstić information content (AvgIpc) is 3.69. The maximum Gasteiger partial charge on any atom is 0.323 e. The molecule has 12 heteroatoms. The first-order valence-corrected chi connectivity index (χ1v) is 15.0. The van der Waals surface area contributed by atoms with Gasteiger partial charge in [-0.15, -0.1) is 0 Å². The molecule has 0 bridgehead atoms. The molecule has 45 heavy (non-hydrogen) atoms. The Bertz CT molecular complexity index is 1570. The molecule has 3 heterocycles. The van der Waals surface area contributed by atoms with Crippen molar-refractivity contribution in [3.05, 3.63) is 65.7 Å². The summed E-state index contributed by atoms with van der Waals surface area (Å²) in [6.45, 7) is 5.79. The molecule has 0 aromatic heterocycles. The Morgan fingerprint density at radius 3 is 2.27 bits per heavy atom. The fraction of sp³-hybridized carbons (Fsp3) is 0.394. The lowest BCUT2D eigenvalue weighted by molar-refractivity contribution is -0.134. The van der Waals surface area contributed by atoms with E-state index in [9.17, 15) is 14.7 Å². The molecule has 12 nitrogen and oxygen atoms in total. The molecule has 0 saturated carbocycles. The number of fused-ring (bicyclic) bond motifs is 3. The van der Waals surface area contributed by atoms with Gasteiger partial charge in [-0.3, -0.25) is 9.69 Å². The summed E-state index contributed by atoms with van der Waals surface area (Å²) in [6.07, 6.45) is -0.207. The quantitative estimate of drug-likeness (QED) is 0.342. The molecule has 3 aromatic rings. The molecule has 0 saturated heterocycles. The molecule has 0 unspecified atom stereocenters. The van der Waals surface area contributed by atoms with E-state index in [2.05, 4.69) is 22.5 Å². The van der Waals surface area contributed by atoms with Crippen LogP contribution in [-0.4, -0.2) is 79.3 Å². The zero-order chi connectivity index (χ0) is 31.5. The van der Waals surface area contributed by atoms with Gasteiger partial charge in [0.1, 0.15) is 11.9 Å². The standard InChI is InChI=1S/C33H38N4O8/c1-20-14-37(21(2)17-38)32(39)12-23-11-24(34-33(40)35-25-6-9-28-30(13-25)44-19-42-28)5-8-26(23)45-31(20)16-36(3)15-22-4-7-27-29(10-22)43-18-41-27/h4-11,13,20-21,31,38H,12,14-19H2,1-3H3,(H2,34,35,40)/t20-,21-,31-/m1/s1. The fourth-order valence-electron chi connectivity index (χ4n) is 5.72. The largest absolute Gasteiger partial charge is 0.488 e. The van der Waals surface area contributed by atoms with Crippen molar-refractivity contribution in [3.8, 4) is 28.7 Å². The topological polar surface area (TPSA) is 131 Å². The summed E-state index contributed by atoms with van der Waals surface area (Å²) >= 11 is 0. The minimum absolute atomic E-state index is 0.0432. The summed E-state index contributed by atoms with van der Waals surface area (Å²) in [7, 11) is 2.03. The highest BCUT2D eigenvalue weighted by atomic mass is 16.7. The number of carbonyl (C=O) groups excluding carboxylic acids is 2. The number of rotatable bonds is 8. The second-order valence-electron chi connectivity index (χ2n) is 11.7. The van der Waals surface area contributed by atoms with Gasteiger partial charge in [-0.2, -0.15) is 0 Å². The lowest BCUT2D eigenvalue weighted by atomic mass is 10.0. The van der Waals surface area contributed by atoms with Crippen LogP contribution in [0.2, 0.25) is 0 Å². The SMILES string of the molecule is C[C@@H]1CN([C@H](C)CO)C(=O)Cc2cc(NC(=O)Nc3ccc4c(c3)OCO4)ccc2O[C@@H]1CN(C)Cc1ccc2c(c1)OCO2. The number of hydrogen-bond acceptors (Lipinski definition) is 9. The predicted molar refractivity (Wildman–Crippen MR) is 166 cm³/mol. The minimum Gasteiger partial charge on any atom is -0.488 e. The molecule has 3 atom stereocenters. The van der Waals surface area contributed by atoms with Crippen molar-refractivity contribution < 1.29 is 38.4 Å². The van der Waals surface area contributed by atoms with Gasteiger partial charge in [0.25, 0.3) is 0 Å². The summed E-state index contributed by atoms with van der Waals surface area (Å²) in [4.78, 5) is 30.3. The first-order chi connectivity index (χ1) is 21.7. The third-order valence-corrected chi connectivity index (χ3v) is 8.19. The third kappa shape index (κ3) is 7.02. The second kappa shape index (κ2) is 13.1. The zero-order valence-electron chi connectivity index (χ0n) is 25.6. The van der Waals surface area contributed by atoms with E-state index in [-0.39, 0.29) is 50.6 Å². The van der Waals surface area contributed by atoms with Crippen molar-refractivity contribution in [2.24, 2.45) is 5.92 Å². The van der Waals surface area contributed by atoms with Gasteiger partial charge in [0, 0.05) is 48.6 Å². The summed E-state index contributed by atoms with van der Waals surface area (Å²) in [5, 5.41) is 15.6. The van der Waals surface area contributed by atoms with Gasteiger partial charge in [-0.25, -0.2) is 4.79 Å². The maximum absolute atomic E-state index is 13.6. The van der Waals surface area contributed by atoms with E-state index >= 15 is 0 Å². The number of hydrogen-bond donors (Lipinski definition) is 3. The van der Waals surface area contributed by atoms with Gasteiger partial charge in [-0.05, 0) is 62.0 Å². The molecule has 3 aliphatic heterocycles. The van der Waals surface area contributed by atoms with Crippen LogP contribution in [-0.2, 0) is 17.8 Å². The molecule has 238 valence electrons. The molecule has 3 N–H and O–H groups in total. The van der Waals surface area contributed by atoms with E-state index in [0.29, 0.717) is 53.8 Å². The van der Waals surface area contributed by atoms with E-state index in [0.717, 1.165) is 17.1 Å². The van der Waals surface area contributed by atoms with Crippen LogP contribution >= 0.6 is 0 Å². The highest BCUT2D eigenvalue weighted by Crippen LogP contribution is 2.35. The van der Waals surface area contributed by atoms with Gasteiger partial charge in [0.2, 0.25) is 19.5 Å². The van der Waals surface area contributed by atoms with Gasteiger partial charge in [0.15, 0.2) is 23.0 Å². The normalized spacial score (nSPS) is 19.2. The van der Waals surface area contributed by atoms with Crippen LogP contribution in [0, 0.1) is 5.92 Å². The predicted octanol–water partition coefficient (Wildman–Crippen LogP) is 4.07. The van der Waals surface area contributed by atoms with Gasteiger partial charge in [0.05, 0.1) is 19.1 Å². The molecular weight excluding hydrogens is 580 g/mol. The molecule has 3 amide bonds. The van der Waals surface area contributed by atoms with E-state index in [4.69, 9.17) is 23.7 Å². The van der Waals surface area contributed by atoms with Crippen LogP contribution in [0.5, 0.6) is 28.7 Å². The summed E-state index contributed by atoms with van der Waals surface area (Å²) < 4.78 is 28.3. The summed E-state index contributed by atoms with van der Waals surface area (Å²) in [5.41, 5.74) is 2.79. The molecule has 0 radical (unpaired) electrons. The monoisotopic (exact) mass is 618 g/mol. The minimum atomic E-state index is -0.448. The zero-order valence-corrected chi connectivity index (χ0v) is 25.6. The van der Waals surface area contributed by atoms with Crippen LogP contribution in [0.15, 0.2) is 54.6 Å². The Morgan fingerprint density at radius 1 is 0.933 bits per heavy atom. The molecule has 6 rings (SSSR count). The first kappa shape index (κ1) is 30.4. The highest BCUT2D eigenvalue weighted by molar-refractivity contribution is 6.00. The van der Waals surface area contributed by atoms with Crippen molar-refractivity contribution >= 4 is 23.3 Å². The Kier molecular flexibility index (Phi) is 8.85. The van der Waals surface area contributed by atoms with Crippen molar-refractivity contribution in [2.75, 3.05) is 51.0 Å². The van der Waals surface area contributed by atoms with E-state index in [1.807, 2.05) is 32.2 Å². The number of nitrogens with one attached hydrogen (secondary N) is 2. The first-order valence-electron chi connectivity index (χ1n) is 15.0. The Hall–Kier alpha value is -4.68. The number of likely N-dealkylation sites (N-methyl/N-ethyl adjacent to an activating group) is 1. The van der Waals surface area contributed by atoms with Crippen molar-refractivity contribution in [1.82, 2.24) is 9.80 Å². The van der Waals surface area contributed by atoms with Gasteiger partial charge < -0.3 is 44.3 Å². The Labute approximate surface area is 261 Å². The van der Waals surface area contributed by atoms with Crippen LogP contribution in [0.3, 0.4) is 0 Å². The van der Waals surface area contributed by atoms with Crippen LogP contribution < -0.4 is 34.3 Å². The molecule has 0 spiro atoms. The number of ether oxygens (including phenoxy) is 5. The number of urea groups is 1. The highest BCUT2D eigenvalue weighted by Gasteiger charge is 2.31. The molecule has 0 fully saturated rings. The number of aliphatic hydroxyl groups is 1. The number of amides is 3. The van der Waals surface area contributed by atoms with E-state index < -0.39 is 6.03 Å². The number of anilines is 2. The summed E-state index contributed by atoms with van der Waals surface area (Å²) in [5.74, 6) is 3.09. The van der Waals surface area contributed by atoms with E-state index in [1.165, 1.54) is 0 Å². The van der Waals surface area contributed by atoms with Crippen molar-refractivity contribution in [2.45, 2.75) is 39.0 Å². The lowest BCUT2D eigenvalue weighted by Crippen LogP contribution is -2.47. The smallest absolute Gasteiger partial charge is 0.323 e. The number of aliphatic hydroxyl groups excluding tert-OH is 1. The van der Waals surface area contributed by atoms with Crippen molar-refractivity contribution in [1.29, 1.82) is 0 Å². The molecular formula is C33H38N4O8. The van der Waals surface area contributed by atoms with Crippen LogP contribution in [0.4, 0.5) is 16.2 Å². The van der Waals surface area contributed by atoms with Crippen molar-refractivity contribution in [3.63, 3.8) is 0 Å². The van der Waals surface area contributed by atoms with Crippen LogP contribution in [0.1, 0.15) is 25.0 Å². The van der Waals surface area contributed by atoms with E-state index in [1.54, 1.807) is 41.3 Å². The van der Waals surface area contributed by atoms with Gasteiger partial charge in [-0.1, -0.05) is 13.0 Å². The molecule has 0 aliphatic carbocycles. The number of nitrogens with zero attached hydrogens (tertiary/aromatic N) is 2. The molecule has 3 aliphatic rings. The third-order valence-electron chi connectivity index (χ3n) is 8.19. The number of benzene rings is 3. The maximum atomic E-state index is 13.6. The van der Waals surface area contributed by atoms with Crippen LogP contribution in [0.25, 0.3) is 0 Å². The Balaban J connectivity index is 1.19. The Morgan fingerprint density at radius 2 is 1.56 bits per heavy atom. The molecule has 3 aromatic carbocycles. The summed E-state index contributed by atoms with van der Waals surface area (Å²) in [6, 6.07) is 15.6. The number of carbonyl (C=O) groups is 2. The average molecular weight is 619 g/mol. The van der Waals surface area contributed by atoms with Gasteiger partial charge >= 0.3 is 6.03 Å². The lowest BCUT2D eigenvalue weighted by Gasteiger charge is -2.34. The second-order valence-corrected chi connectivity index (χ2v) is 11.7. The fourth-order valence-corrected chi connectivity index (χ4v) is 5.72.